The summed E-state index contributed by atoms with van der Waals surface area (Å²) in [5.41, 5.74) is 1.57. The van der Waals surface area contributed by atoms with Crippen molar-refractivity contribution in [1.29, 1.82) is 5.26 Å². The molecule has 0 bridgehead atoms. The van der Waals surface area contributed by atoms with Gasteiger partial charge in [0.15, 0.2) is 18.1 Å². The van der Waals surface area contributed by atoms with Gasteiger partial charge in [-0.1, -0.05) is 12.1 Å². The van der Waals surface area contributed by atoms with Crippen molar-refractivity contribution in [2.24, 2.45) is 0 Å². The molecule has 1 aliphatic heterocycles. The number of nitrogens with zero attached hydrogens (tertiary/aromatic N) is 2. The van der Waals surface area contributed by atoms with E-state index in [9.17, 15) is 4.79 Å². The molecule has 1 saturated heterocycles. The SMILES string of the molecule is COc1ccc(C2CCCN2C(=O)COc2ccc(C#N)cc2OC)cc1. The molecule has 0 radical (unpaired) electrons. The second-order valence-electron chi connectivity index (χ2n) is 6.28. The predicted octanol–water partition coefficient (Wildman–Crippen LogP) is 3.32. The highest BCUT2D eigenvalue weighted by Crippen LogP contribution is 2.33. The van der Waals surface area contributed by atoms with Gasteiger partial charge in [-0.05, 0) is 42.7 Å². The number of carbonyl (C=O) groups is 1. The number of nitriles is 1. The van der Waals surface area contributed by atoms with Crippen molar-refractivity contribution >= 4 is 5.91 Å². The molecule has 1 amide bonds. The first-order valence-electron chi connectivity index (χ1n) is 8.80. The van der Waals surface area contributed by atoms with Crippen LogP contribution in [0, 0.1) is 11.3 Å². The molecular formula is C21H22N2O4. The highest BCUT2D eigenvalue weighted by Gasteiger charge is 2.30. The van der Waals surface area contributed by atoms with Crippen molar-refractivity contribution in [1.82, 2.24) is 4.90 Å². The smallest absolute Gasteiger partial charge is 0.261 e. The molecule has 1 atom stereocenters. The summed E-state index contributed by atoms with van der Waals surface area (Å²) in [4.78, 5) is 14.6. The molecule has 0 spiro atoms. The molecule has 0 aliphatic carbocycles. The van der Waals surface area contributed by atoms with Crippen LogP contribution in [0.2, 0.25) is 0 Å². The van der Waals surface area contributed by atoms with E-state index in [0.717, 1.165) is 24.2 Å². The molecule has 0 aromatic heterocycles. The number of ether oxygens (including phenoxy) is 3. The highest BCUT2D eigenvalue weighted by atomic mass is 16.5. The van der Waals surface area contributed by atoms with Crippen LogP contribution >= 0.6 is 0 Å². The van der Waals surface area contributed by atoms with E-state index in [1.54, 1.807) is 25.3 Å². The Kier molecular flexibility index (Phi) is 5.82. The normalized spacial score (nSPS) is 15.9. The molecule has 140 valence electrons. The molecule has 1 fully saturated rings. The van der Waals surface area contributed by atoms with E-state index < -0.39 is 0 Å². The van der Waals surface area contributed by atoms with Crippen LogP contribution in [0.4, 0.5) is 0 Å². The molecular weight excluding hydrogens is 344 g/mol. The molecule has 6 nitrogen and oxygen atoms in total. The molecule has 2 aromatic rings. The maximum atomic E-state index is 12.7. The molecule has 1 heterocycles. The molecule has 0 N–H and O–H groups in total. The number of rotatable bonds is 6. The van der Waals surface area contributed by atoms with E-state index >= 15 is 0 Å². The Hall–Kier alpha value is -3.20. The second kappa shape index (κ2) is 8.45. The largest absolute Gasteiger partial charge is 0.497 e. The number of amides is 1. The Morgan fingerprint density at radius 3 is 2.59 bits per heavy atom. The van der Waals surface area contributed by atoms with E-state index in [1.165, 1.54) is 7.11 Å². The van der Waals surface area contributed by atoms with Gasteiger partial charge in [-0.25, -0.2) is 0 Å². The summed E-state index contributed by atoms with van der Waals surface area (Å²) in [7, 11) is 3.14. The summed E-state index contributed by atoms with van der Waals surface area (Å²) < 4.78 is 16.1. The fourth-order valence-electron chi connectivity index (χ4n) is 3.32. The van der Waals surface area contributed by atoms with Crippen LogP contribution in [0.15, 0.2) is 42.5 Å². The lowest BCUT2D eigenvalue weighted by Gasteiger charge is -2.25. The number of hydrogen-bond acceptors (Lipinski definition) is 5. The lowest BCUT2D eigenvalue weighted by molar-refractivity contribution is -0.134. The molecule has 3 rings (SSSR count). The van der Waals surface area contributed by atoms with Crippen LogP contribution < -0.4 is 14.2 Å². The second-order valence-corrected chi connectivity index (χ2v) is 6.28. The third kappa shape index (κ3) is 4.14. The molecule has 6 heteroatoms. The fraction of sp³-hybridized carbons (Fsp3) is 0.333. The number of hydrogen-bond donors (Lipinski definition) is 0. The number of benzene rings is 2. The highest BCUT2D eigenvalue weighted by molar-refractivity contribution is 5.78. The van der Waals surface area contributed by atoms with Gasteiger partial charge in [-0.2, -0.15) is 5.26 Å². The third-order valence-electron chi connectivity index (χ3n) is 4.72. The summed E-state index contributed by atoms with van der Waals surface area (Å²) in [5, 5.41) is 8.97. The molecule has 2 aromatic carbocycles. The maximum Gasteiger partial charge on any atom is 0.261 e. The first-order chi connectivity index (χ1) is 13.2. The van der Waals surface area contributed by atoms with E-state index in [-0.39, 0.29) is 18.6 Å². The van der Waals surface area contributed by atoms with Crippen molar-refractivity contribution in [2.45, 2.75) is 18.9 Å². The van der Waals surface area contributed by atoms with Gasteiger partial charge >= 0.3 is 0 Å². The summed E-state index contributed by atoms with van der Waals surface area (Å²) in [5.74, 6) is 1.62. The standard InChI is InChI=1S/C21H22N2O4/c1-25-17-8-6-16(7-9-17)18-4-3-11-23(18)21(24)14-27-19-10-5-15(13-22)12-20(19)26-2/h5-10,12,18H,3-4,11,14H2,1-2H3. The Morgan fingerprint density at radius 2 is 1.93 bits per heavy atom. The van der Waals surface area contributed by atoms with Gasteiger partial charge in [0, 0.05) is 12.6 Å². The number of carbonyl (C=O) groups excluding carboxylic acids is 1. The van der Waals surface area contributed by atoms with Crippen LogP contribution in [0.3, 0.4) is 0 Å². The van der Waals surface area contributed by atoms with Crippen molar-refractivity contribution in [3.8, 4) is 23.3 Å². The van der Waals surface area contributed by atoms with Gasteiger partial charge in [-0.15, -0.1) is 0 Å². The Labute approximate surface area is 158 Å². The number of likely N-dealkylation sites (tertiary alicyclic amines) is 1. The van der Waals surface area contributed by atoms with Gasteiger partial charge in [-0.3, -0.25) is 4.79 Å². The minimum atomic E-state index is -0.0745. The monoisotopic (exact) mass is 366 g/mol. The molecule has 0 saturated carbocycles. The van der Waals surface area contributed by atoms with Crippen molar-refractivity contribution < 1.29 is 19.0 Å². The van der Waals surface area contributed by atoms with E-state index in [0.29, 0.717) is 23.6 Å². The van der Waals surface area contributed by atoms with Crippen molar-refractivity contribution in [3.05, 3.63) is 53.6 Å². The molecule has 1 aliphatic rings. The number of methoxy groups -OCH3 is 2. The zero-order chi connectivity index (χ0) is 19.2. The zero-order valence-electron chi connectivity index (χ0n) is 15.5. The van der Waals surface area contributed by atoms with Crippen LogP contribution in [0.25, 0.3) is 0 Å². The quantitative estimate of drug-likeness (QED) is 0.784. The maximum absolute atomic E-state index is 12.7. The van der Waals surface area contributed by atoms with Crippen LogP contribution in [-0.2, 0) is 4.79 Å². The van der Waals surface area contributed by atoms with Gasteiger partial charge in [0.25, 0.3) is 5.91 Å². The average Bonchev–Trinajstić information content (AvgIpc) is 3.22. The summed E-state index contributed by atoms with van der Waals surface area (Å²) in [6, 6.07) is 14.8. The Balaban J connectivity index is 1.67. The lowest BCUT2D eigenvalue weighted by atomic mass is 10.0. The van der Waals surface area contributed by atoms with Gasteiger partial charge in [0.05, 0.1) is 31.9 Å². The fourth-order valence-corrected chi connectivity index (χ4v) is 3.32. The van der Waals surface area contributed by atoms with Crippen molar-refractivity contribution in [2.75, 3.05) is 27.4 Å². The summed E-state index contributed by atoms with van der Waals surface area (Å²) in [6.45, 7) is 0.637. The Morgan fingerprint density at radius 1 is 1.15 bits per heavy atom. The van der Waals surface area contributed by atoms with Crippen LogP contribution in [-0.4, -0.2) is 38.2 Å². The van der Waals surface area contributed by atoms with Crippen LogP contribution in [0.1, 0.15) is 30.0 Å². The molecule has 27 heavy (non-hydrogen) atoms. The third-order valence-corrected chi connectivity index (χ3v) is 4.72. The summed E-state index contributed by atoms with van der Waals surface area (Å²) >= 11 is 0. The Bertz CT molecular complexity index is 842. The van der Waals surface area contributed by atoms with E-state index in [1.807, 2.05) is 29.2 Å². The predicted molar refractivity (Wildman–Crippen MR) is 99.9 cm³/mol. The lowest BCUT2D eigenvalue weighted by Crippen LogP contribution is -2.34. The average molecular weight is 366 g/mol. The van der Waals surface area contributed by atoms with Crippen molar-refractivity contribution in [3.63, 3.8) is 0 Å². The van der Waals surface area contributed by atoms with Gasteiger partial charge < -0.3 is 19.1 Å². The van der Waals surface area contributed by atoms with Gasteiger partial charge in [0.2, 0.25) is 0 Å². The minimum absolute atomic E-state index is 0.0508. The van der Waals surface area contributed by atoms with Crippen LogP contribution in [0.5, 0.6) is 17.2 Å². The first-order valence-corrected chi connectivity index (χ1v) is 8.80. The van der Waals surface area contributed by atoms with E-state index in [4.69, 9.17) is 19.5 Å². The molecule has 1 unspecified atom stereocenters. The zero-order valence-corrected chi connectivity index (χ0v) is 15.5. The minimum Gasteiger partial charge on any atom is -0.497 e. The summed E-state index contributed by atoms with van der Waals surface area (Å²) in [6.07, 6.45) is 1.89. The topological polar surface area (TPSA) is 71.8 Å². The van der Waals surface area contributed by atoms with E-state index in [2.05, 4.69) is 6.07 Å². The van der Waals surface area contributed by atoms with Gasteiger partial charge in [0.1, 0.15) is 5.75 Å². The first kappa shape index (κ1) is 18.6.